The molecule has 0 saturated heterocycles. The molecule has 1 aromatic carbocycles. The van der Waals surface area contributed by atoms with Crippen molar-refractivity contribution < 1.29 is 29.3 Å². The Hall–Kier alpha value is -1.76. The molecular weight excluding hydrogens is 252 g/mol. The van der Waals surface area contributed by atoms with Crippen molar-refractivity contribution in [3.63, 3.8) is 0 Å². The molecule has 19 heavy (non-hydrogen) atoms. The number of para-hydroxylation sites is 1. The van der Waals surface area contributed by atoms with Crippen molar-refractivity contribution in [1.29, 1.82) is 0 Å². The summed E-state index contributed by atoms with van der Waals surface area (Å²) in [5.41, 5.74) is 0. The summed E-state index contributed by atoms with van der Waals surface area (Å²) in [4.78, 5) is 23.0. The predicted molar refractivity (Wildman–Crippen MR) is 65.6 cm³/mol. The Morgan fingerprint density at radius 3 is 2.42 bits per heavy atom. The molecule has 1 aromatic rings. The van der Waals surface area contributed by atoms with Crippen LogP contribution in [-0.2, 0) is 14.3 Å². The number of hydrogen-bond donors (Lipinski definition) is 2. The van der Waals surface area contributed by atoms with Crippen LogP contribution in [0.1, 0.15) is 6.92 Å². The van der Waals surface area contributed by atoms with Gasteiger partial charge in [-0.25, -0.2) is 4.79 Å². The molecule has 6 heteroatoms. The van der Waals surface area contributed by atoms with Crippen LogP contribution in [0.2, 0.25) is 0 Å². The third kappa shape index (κ3) is 5.17. The van der Waals surface area contributed by atoms with Crippen LogP contribution in [0.25, 0.3) is 0 Å². The van der Waals surface area contributed by atoms with E-state index in [0.29, 0.717) is 5.75 Å². The minimum Gasteiger partial charge on any atom is -0.424 e. The first-order chi connectivity index (χ1) is 9.04. The first kappa shape index (κ1) is 15.3. The van der Waals surface area contributed by atoms with Crippen LogP contribution in [0.5, 0.6) is 5.75 Å². The molecule has 0 fully saturated rings. The van der Waals surface area contributed by atoms with Crippen LogP contribution in [0.3, 0.4) is 0 Å². The molecule has 0 aliphatic carbocycles. The van der Waals surface area contributed by atoms with Gasteiger partial charge in [-0.2, -0.15) is 0 Å². The topological polar surface area (TPSA) is 93.1 Å². The van der Waals surface area contributed by atoms with Gasteiger partial charge in [0.2, 0.25) is 6.10 Å². The molecule has 0 heterocycles. The summed E-state index contributed by atoms with van der Waals surface area (Å²) < 4.78 is 9.93. The van der Waals surface area contributed by atoms with Gasteiger partial charge in [0, 0.05) is 0 Å². The lowest BCUT2D eigenvalue weighted by Gasteiger charge is -2.15. The molecule has 2 atom stereocenters. The smallest absolute Gasteiger partial charge is 0.348 e. The molecule has 0 spiro atoms. The van der Waals surface area contributed by atoms with Crippen LogP contribution in [0.15, 0.2) is 30.3 Å². The van der Waals surface area contributed by atoms with E-state index < -0.39 is 30.6 Å². The number of esters is 1. The van der Waals surface area contributed by atoms with Gasteiger partial charge < -0.3 is 19.7 Å². The SMILES string of the molecule is CC(=O)C(OCC(O)CO)C(=O)Oc1ccccc1. The van der Waals surface area contributed by atoms with Crippen LogP contribution >= 0.6 is 0 Å². The number of rotatable bonds is 7. The van der Waals surface area contributed by atoms with E-state index in [2.05, 4.69) is 0 Å². The first-order valence-corrected chi connectivity index (χ1v) is 5.72. The van der Waals surface area contributed by atoms with Gasteiger partial charge in [-0.1, -0.05) is 18.2 Å². The number of aliphatic hydroxyl groups is 2. The first-order valence-electron chi connectivity index (χ1n) is 5.72. The van der Waals surface area contributed by atoms with Crippen molar-refractivity contribution in [2.75, 3.05) is 13.2 Å². The number of benzene rings is 1. The number of aliphatic hydroxyl groups excluding tert-OH is 2. The number of ketones is 1. The Morgan fingerprint density at radius 1 is 1.26 bits per heavy atom. The monoisotopic (exact) mass is 268 g/mol. The second-order valence-electron chi connectivity index (χ2n) is 3.89. The summed E-state index contributed by atoms with van der Waals surface area (Å²) in [7, 11) is 0. The number of ether oxygens (including phenoxy) is 2. The maximum Gasteiger partial charge on any atom is 0.348 e. The highest BCUT2D eigenvalue weighted by atomic mass is 16.6. The Balaban J connectivity index is 2.61. The number of carbonyl (C=O) groups is 2. The maximum atomic E-state index is 11.7. The van der Waals surface area contributed by atoms with Crippen LogP contribution in [-0.4, -0.2) is 47.4 Å². The van der Waals surface area contributed by atoms with E-state index in [1.165, 1.54) is 6.92 Å². The quantitative estimate of drug-likeness (QED) is 0.408. The fraction of sp³-hybridized carbons (Fsp3) is 0.385. The molecule has 0 aromatic heterocycles. The summed E-state index contributed by atoms with van der Waals surface area (Å²) in [6.07, 6.45) is -2.56. The molecule has 0 amide bonds. The normalized spacial score (nSPS) is 13.6. The predicted octanol–water partition coefficient (Wildman–Crippen LogP) is -0.0806. The van der Waals surface area contributed by atoms with E-state index >= 15 is 0 Å². The average molecular weight is 268 g/mol. The highest BCUT2D eigenvalue weighted by molar-refractivity contribution is 6.01. The van der Waals surface area contributed by atoms with Crippen molar-refractivity contribution >= 4 is 11.8 Å². The van der Waals surface area contributed by atoms with Gasteiger partial charge in [-0.15, -0.1) is 0 Å². The largest absolute Gasteiger partial charge is 0.424 e. The molecule has 0 aliphatic heterocycles. The standard InChI is InChI=1S/C13H16O6/c1-9(15)12(18-8-10(16)7-14)13(17)19-11-5-3-2-4-6-11/h2-6,10,12,14,16H,7-8H2,1H3. The zero-order valence-electron chi connectivity index (χ0n) is 10.5. The Bertz CT molecular complexity index is 416. The van der Waals surface area contributed by atoms with E-state index in [1.807, 2.05) is 0 Å². The fourth-order valence-electron chi connectivity index (χ4n) is 1.27. The van der Waals surface area contributed by atoms with Gasteiger partial charge in [0.1, 0.15) is 11.9 Å². The third-order valence-corrected chi connectivity index (χ3v) is 2.21. The van der Waals surface area contributed by atoms with Gasteiger partial charge in [-0.05, 0) is 19.1 Å². The lowest BCUT2D eigenvalue weighted by atomic mass is 10.2. The fourth-order valence-corrected chi connectivity index (χ4v) is 1.27. The third-order valence-electron chi connectivity index (χ3n) is 2.21. The van der Waals surface area contributed by atoms with Gasteiger partial charge in [0.05, 0.1) is 13.2 Å². The lowest BCUT2D eigenvalue weighted by Crippen LogP contribution is -2.37. The molecule has 0 radical (unpaired) electrons. The zero-order valence-corrected chi connectivity index (χ0v) is 10.5. The van der Waals surface area contributed by atoms with Crippen molar-refractivity contribution in [2.24, 2.45) is 0 Å². The number of carbonyl (C=O) groups excluding carboxylic acids is 2. The second-order valence-corrected chi connectivity index (χ2v) is 3.89. The molecule has 0 bridgehead atoms. The van der Waals surface area contributed by atoms with E-state index in [0.717, 1.165) is 0 Å². The summed E-state index contributed by atoms with van der Waals surface area (Å²) in [6.45, 7) is 0.339. The molecule has 2 unspecified atom stereocenters. The average Bonchev–Trinajstić information content (AvgIpc) is 2.39. The number of hydrogen-bond acceptors (Lipinski definition) is 6. The van der Waals surface area contributed by atoms with Gasteiger partial charge >= 0.3 is 5.97 Å². The summed E-state index contributed by atoms with van der Waals surface area (Å²) >= 11 is 0. The van der Waals surface area contributed by atoms with E-state index in [4.69, 9.17) is 19.7 Å². The van der Waals surface area contributed by atoms with E-state index in [9.17, 15) is 9.59 Å². The second kappa shape index (κ2) is 7.63. The van der Waals surface area contributed by atoms with Crippen LogP contribution in [0.4, 0.5) is 0 Å². The molecule has 0 aliphatic rings. The van der Waals surface area contributed by atoms with Crippen molar-refractivity contribution in [1.82, 2.24) is 0 Å². The van der Waals surface area contributed by atoms with E-state index in [-0.39, 0.29) is 6.61 Å². The van der Waals surface area contributed by atoms with E-state index in [1.54, 1.807) is 30.3 Å². The molecule has 104 valence electrons. The minimum atomic E-state index is -1.42. The Kier molecular flexibility index (Phi) is 6.14. The summed E-state index contributed by atoms with van der Waals surface area (Å²) in [6, 6.07) is 8.26. The maximum absolute atomic E-state index is 11.7. The summed E-state index contributed by atoms with van der Waals surface area (Å²) in [5, 5.41) is 17.8. The van der Waals surface area contributed by atoms with Crippen molar-refractivity contribution in [3.05, 3.63) is 30.3 Å². The zero-order chi connectivity index (χ0) is 14.3. The Morgan fingerprint density at radius 2 is 1.89 bits per heavy atom. The van der Waals surface area contributed by atoms with Gasteiger partial charge in [-0.3, -0.25) is 4.79 Å². The lowest BCUT2D eigenvalue weighted by molar-refractivity contribution is -0.155. The highest BCUT2D eigenvalue weighted by Gasteiger charge is 2.27. The van der Waals surface area contributed by atoms with Gasteiger partial charge in [0.25, 0.3) is 0 Å². The highest BCUT2D eigenvalue weighted by Crippen LogP contribution is 2.10. The molecule has 0 saturated carbocycles. The van der Waals surface area contributed by atoms with Crippen LogP contribution < -0.4 is 4.74 Å². The molecular formula is C13H16O6. The summed E-state index contributed by atoms with van der Waals surface area (Å²) in [5.74, 6) is -1.10. The van der Waals surface area contributed by atoms with Gasteiger partial charge in [0.15, 0.2) is 5.78 Å². The number of Topliss-reactive ketones (excluding diaryl/α,β-unsaturated/α-hetero) is 1. The van der Waals surface area contributed by atoms with Crippen molar-refractivity contribution in [3.8, 4) is 5.75 Å². The van der Waals surface area contributed by atoms with Crippen LogP contribution in [0, 0.1) is 0 Å². The molecule has 1 rings (SSSR count). The molecule has 2 N–H and O–H groups in total. The Labute approximate surface area is 110 Å². The molecule has 6 nitrogen and oxygen atoms in total. The minimum absolute atomic E-state index is 0.296. The van der Waals surface area contributed by atoms with Crippen molar-refractivity contribution in [2.45, 2.75) is 19.1 Å².